The van der Waals surface area contributed by atoms with Crippen LogP contribution in [0.3, 0.4) is 0 Å². The van der Waals surface area contributed by atoms with E-state index in [1.165, 1.54) is 19.2 Å². The van der Waals surface area contributed by atoms with Crippen molar-refractivity contribution in [2.24, 2.45) is 0 Å². The highest BCUT2D eigenvalue weighted by Crippen LogP contribution is 2.26. The number of methoxy groups -OCH3 is 2. The summed E-state index contributed by atoms with van der Waals surface area (Å²) in [5, 5.41) is 13.8. The van der Waals surface area contributed by atoms with Crippen molar-refractivity contribution in [3.63, 3.8) is 0 Å². The molecule has 0 fully saturated rings. The molecule has 1 rings (SSSR count). The Labute approximate surface area is 99.7 Å². The fourth-order valence-corrected chi connectivity index (χ4v) is 1.47. The van der Waals surface area contributed by atoms with Crippen molar-refractivity contribution < 1.29 is 14.4 Å². The molecule has 0 aliphatic carbocycles. The van der Waals surface area contributed by atoms with Crippen molar-refractivity contribution in [2.75, 3.05) is 26.1 Å². The van der Waals surface area contributed by atoms with Crippen LogP contribution < -0.4 is 10.1 Å². The number of benzene rings is 1. The first-order valence-electron chi connectivity index (χ1n) is 5.15. The van der Waals surface area contributed by atoms with Gasteiger partial charge in [-0.15, -0.1) is 0 Å². The molecule has 6 nitrogen and oxygen atoms in total. The van der Waals surface area contributed by atoms with E-state index in [4.69, 9.17) is 9.47 Å². The Morgan fingerprint density at radius 1 is 1.41 bits per heavy atom. The Morgan fingerprint density at radius 2 is 2.12 bits per heavy atom. The molecule has 0 aliphatic heterocycles. The topological polar surface area (TPSA) is 73.6 Å². The Hall–Kier alpha value is -1.82. The van der Waals surface area contributed by atoms with Crippen molar-refractivity contribution >= 4 is 11.4 Å². The first-order valence-corrected chi connectivity index (χ1v) is 5.15. The number of nitro benzene ring substituents is 1. The second-order valence-electron chi connectivity index (χ2n) is 3.68. The summed E-state index contributed by atoms with van der Waals surface area (Å²) in [5.41, 5.74) is 0.636. The second-order valence-corrected chi connectivity index (χ2v) is 3.68. The summed E-state index contributed by atoms with van der Waals surface area (Å²) in [4.78, 5) is 10.3. The summed E-state index contributed by atoms with van der Waals surface area (Å²) in [6.07, 6.45) is 0. The molecule has 0 radical (unpaired) electrons. The molecule has 1 atom stereocenters. The Morgan fingerprint density at radius 3 is 2.65 bits per heavy atom. The molecule has 0 aromatic heterocycles. The van der Waals surface area contributed by atoms with Crippen LogP contribution in [-0.4, -0.2) is 31.8 Å². The summed E-state index contributed by atoms with van der Waals surface area (Å²) in [6.45, 7) is 2.44. The lowest BCUT2D eigenvalue weighted by atomic mass is 10.2. The van der Waals surface area contributed by atoms with Crippen molar-refractivity contribution in [3.8, 4) is 5.75 Å². The zero-order valence-corrected chi connectivity index (χ0v) is 10.1. The van der Waals surface area contributed by atoms with E-state index < -0.39 is 4.92 Å². The van der Waals surface area contributed by atoms with Gasteiger partial charge in [-0.2, -0.15) is 0 Å². The first-order chi connectivity index (χ1) is 8.06. The lowest BCUT2D eigenvalue weighted by molar-refractivity contribution is -0.384. The predicted molar refractivity (Wildman–Crippen MR) is 64.6 cm³/mol. The molecule has 1 aromatic rings. The predicted octanol–water partition coefficient (Wildman–Crippen LogP) is 2.05. The van der Waals surface area contributed by atoms with E-state index in [1.54, 1.807) is 13.2 Å². The Balaban J connectivity index is 2.90. The van der Waals surface area contributed by atoms with Gasteiger partial charge in [-0.05, 0) is 6.92 Å². The number of hydrogen-bond donors (Lipinski definition) is 1. The molecule has 0 amide bonds. The monoisotopic (exact) mass is 240 g/mol. The minimum Gasteiger partial charge on any atom is -0.496 e. The van der Waals surface area contributed by atoms with Crippen molar-refractivity contribution in [1.82, 2.24) is 0 Å². The highest BCUT2D eigenvalue weighted by atomic mass is 16.6. The molecule has 0 aliphatic rings. The summed E-state index contributed by atoms with van der Waals surface area (Å²) in [7, 11) is 3.08. The molecule has 0 saturated heterocycles. The number of ether oxygens (including phenoxy) is 2. The summed E-state index contributed by atoms with van der Waals surface area (Å²) in [6, 6.07) is 4.62. The molecule has 94 valence electrons. The van der Waals surface area contributed by atoms with E-state index in [2.05, 4.69) is 5.32 Å². The minimum absolute atomic E-state index is 0.00327. The van der Waals surface area contributed by atoms with Gasteiger partial charge in [-0.3, -0.25) is 10.1 Å². The number of nitro groups is 1. The zero-order valence-electron chi connectivity index (χ0n) is 10.1. The maximum atomic E-state index is 10.7. The number of hydrogen-bond acceptors (Lipinski definition) is 5. The summed E-state index contributed by atoms with van der Waals surface area (Å²) in [5.74, 6) is 0.450. The fourth-order valence-electron chi connectivity index (χ4n) is 1.47. The zero-order chi connectivity index (χ0) is 12.8. The molecule has 1 N–H and O–H groups in total. The van der Waals surface area contributed by atoms with E-state index in [9.17, 15) is 10.1 Å². The van der Waals surface area contributed by atoms with Crippen LogP contribution in [0.25, 0.3) is 0 Å². The minimum atomic E-state index is -0.450. The fraction of sp³-hybridized carbons (Fsp3) is 0.455. The SMILES string of the molecule is COCC(C)Nc1cc(OC)cc([N+](=O)[O-])c1. The van der Waals surface area contributed by atoms with Gasteiger partial charge in [0.1, 0.15) is 5.75 Å². The molecule has 6 heteroatoms. The van der Waals surface area contributed by atoms with Gasteiger partial charge in [0.15, 0.2) is 0 Å². The Kier molecular flexibility index (Phi) is 4.71. The van der Waals surface area contributed by atoms with Gasteiger partial charge in [0, 0.05) is 31.0 Å². The van der Waals surface area contributed by atoms with Gasteiger partial charge in [-0.1, -0.05) is 0 Å². The molecule has 1 unspecified atom stereocenters. The van der Waals surface area contributed by atoms with Crippen LogP contribution in [0.1, 0.15) is 6.92 Å². The summed E-state index contributed by atoms with van der Waals surface area (Å²) < 4.78 is 9.99. The van der Waals surface area contributed by atoms with Gasteiger partial charge >= 0.3 is 0 Å². The van der Waals surface area contributed by atoms with E-state index >= 15 is 0 Å². The third-order valence-corrected chi connectivity index (χ3v) is 2.17. The van der Waals surface area contributed by atoms with E-state index in [0.29, 0.717) is 18.0 Å². The van der Waals surface area contributed by atoms with Gasteiger partial charge in [0.2, 0.25) is 0 Å². The number of anilines is 1. The smallest absolute Gasteiger partial charge is 0.275 e. The normalized spacial score (nSPS) is 11.9. The van der Waals surface area contributed by atoms with Gasteiger partial charge < -0.3 is 14.8 Å². The standard InChI is InChI=1S/C11H16N2O4/c1-8(7-16-2)12-9-4-10(13(14)15)6-11(5-9)17-3/h4-6,8,12H,7H2,1-3H3. The van der Waals surface area contributed by atoms with Gasteiger partial charge in [0.25, 0.3) is 5.69 Å². The largest absolute Gasteiger partial charge is 0.496 e. The highest BCUT2D eigenvalue weighted by molar-refractivity contribution is 5.56. The third-order valence-electron chi connectivity index (χ3n) is 2.17. The molecule has 0 heterocycles. The lowest BCUT2D eigenvalue weighted by Gasteiger charge is -2.14. The summed E-state index contributed by atoms with van der Waals surface area (Å²) >= 11 is 0. The van der Waals surface area contributed by atoms with E-state index in [0.717, 1.165) is 0 Å². The molecular weight excluding hydrogens is 224 g/mol. The number of nitrogens with one attached hydrogen (secondary N) is 1. The van der Waals surface area contributed by atoms with Crippen molar-refractivity contribution in [1.29, 1.82) is 0 Å². The van der Waals surface area contributed by atoms with Crippen LogP contribution in [0.5, 0.6) is 5.75 Å². The third kappa shape index (κ3) is 3.92. The molecule has 0 spiro atoms. The highest BCUT2D eigenvalue weighted by Gasteiger charge is 2.11. The Bertz CT molecular complexity index is 395. The average molecular weight is 240 g/mol. The quantitative estimate of drug-likeness (QED) is 0.608. The van der Waals surface area contributed by atoms with Gasteiger partial charge in [0.05, 0.1) is 24.7 Å². The second kappa shape index (κ2) is 6.05. The first kappa shape index (κ1) is 13.2. The molecule has 1 aromatic carbocycles. The van der Waals surface area contributed by atoms with E-state index in [1.807, 2.05) is 6.92 Å². The van der Waals surface area contributed by atoms with Crippen molar-refractivity contribution in [3.05, 3.63) is 28.3 Å². The molecular formula is C11H16N2O4. The van der Waals surface area contributed by atoms with Crippen LogP contribution >= 0.6 is 0 Å². The maximum absolute atomic E-state index is 10.7. The lowest BCUT2D eigenvalue weighted by Crippen LogP contribution is -2.20. The van der Waals surface area contributed by atoms with Crippen molar-refractivity contribution in [2.45, 2.75) is 13.0 Å². The maximum Gasteiger partial charge on any atom is 0.275 e. The van der Waals surface area contributed by atoms with E-state index in [-0.39, 0.29) is 11.7 Å². The molecule has 17 heavy (non-hydrogen) atoms. The van der Waals surface area contributed by atoms with Crippen LogP contribution in [0.2, 0.25) is 0 Å². The van der Waals surface area contributed by atoms with Gasteiger partial charge in [-0.25, -0.2) is 0 Å². The molecule has 0 bridgehead atoms. The average Bonchev–Trinajstić information content (AvgIpc) is 2.28. The number of rotatable bonds is 6. The van der Waals surface area contributed by atoms with Crippen LogP contribution in [0.4, 0.5) is 11.4 Å². The van der Waals surface area contributed by atoms with Crippen LogP contribution in [0, 0.1) is 10.1 Å². The molecule has 0 saturated carbocycles. The number of non-ortho nitro benzene ring substituents is 1. The number of nitrogens with zero attached hydrogens (tertiary/aromatic N) is 1. The van der Waals surface area contributed by atoms with Crippen LogP contribution in [0.15, 0.2) is 18.2 Å². The van der Waals surface area contributed by atoms with Crippen LogP contribution in [-0.2, 0) is 4.74 Å².